The van der Waals surface area contributed by atoms with Crippen LogP contribution in [0.1, 0.15) is 39.0 Å². The van der Waals surface area contributed by atoms with E-state index in [0.717, 1.165) is 26.1 Å². The van der Waals surface area contributed by atoms with Crippen molar-refractivity contribution in [2.45, 2.75) is 51.1 Å². The second-order valence-corrected chi connectivity index (χ2v) is 5.65. The molecule has 4 heteroatoms. The number of nitrogens with zero attached hydrogens (tertiary/aromatic N) is 2. The van der Waals surface area contributed by atoms with Gasteiger partial charge in [0.25, 0.3) is 0 Å². The van der Waals surface area contributed by atoms with Crippen molar-refractivity contribution in [3.05, 3.63) is 0 Å². The number of likely N-dealkylation sites (N-methyl/N-ethyl adjacent to an activating group) is 2. The van der Waals surface area contributed by atoms with Gasteiger partial charge >= 0.3 is 0 Å². The summed E-state index contributed by atoms with van der Waals surface area (Å²) in [5.74, 6) is 0.289. The maximum Gasteiger partial charge on any atom is 0.239 e. The van der Waals surface area contributed by atoms with Gasteiger partial charge in [-0.15, -0.1) is 0 Å². The van der Waals surface area contributed by atoms with E-state index in [-0.39, 0.29) is 11.9 Å². The van der Waals surface area contributed by atoms with E-state index in [9.17, 15) is 4.79 Å². The Kier molecular flexibility index (Phi) is 5.01. The Morgan fingerprint density at radius 3 is 2.83 bits per heavy atom. The van der Waals surface area contributed by atoms with Crippen LogP contribution in [-0.2, 0) is 4.79 Å². The van der Waals surface area contributed by atoms with Crippen LogP contribution in [0.15, 0.2) is 0 Å². The van der Waals surface area contributed by atoms with Gasteiger partial charge in [0.2, 0.25) is 5.91 Å². The van der Waals surface area contributed by atoms with Crippen molar-refractivity contribution in [1.29, 1.82) is 0 Å². The van der Waals surface area contributed by atoms with Gasteiger partial charge in [0.15, 0.2) is 0 Å². The summed E-state index contributed by atoms with van der Waals surface area (Å²) in [5, 5.41) is 3.35. The first-order valence-electron chi connectivity index (χ1n) is 7.44. The van der Waals surface area contributed by atoms with Gasteiger partial charge in [0, 0.05) is 19.6 Å². The molecule has 2 rings (SSSR count). The highest BCUT2D eigenvalue weighted by molar-refractivity contribution is 5.81. The molecule has 0 saturated carbocycles. The molecule has 1 N–H and O–H groups in total. The highest BCUT2D eigenvalue weighted by Crippen LogP contribution is 2.18. The zero-order valence-electron chi connectivity index (χ0n) is 11.8. The normalized spacial score (nSPS) is 29.4. The second-order valence-electron chi connectivity index (χ2n) is 5.65. The van der Waals surface area contributed by atoms with Crippen LogP contribution in [0, 0.1) is 0 Å². The maximum atomic E-state index is 12.3. The van der Waals surface area contributed by atoms with Crippen molar-refractivity contribution in [3.63, 3.8) is 0 Å². The lowest BCUT2D eigenvalue weighted by Crippen LogP contribution is -2.50. The molecule has 0 radical (unpaired) electrons. The number of nitrogens with one attached hydrogen (secondary N) is 1. The minimum Gasteiger partial charge on any atom is -0.343 e. The molecule has 2 heterocycles. The molecule has 2 saturated heterocycles. The highest BCUT2D eigenvalue weighted by atomic mass is 16.2. The molecule has 18 heavy (non-hydrogen) atoms. The Morgan fingerprint density at radius 1 is 1.33 bits per heavy atom. The van der Waals surface area contributed by atoms with Crippen LogP contribution in [0.4, 0.5) is 0 Å². The Balaban J connectivity index is 1.82. The lowest BCUT2D eigenvalue weighted by atomic mass is 10.0. The number of hydrogen-bond acceptors (Lipinski definition) is 3. The summed E-state index contributed by atoms with van der Waals surface area (Å²) in [6.07, 6.45) is 5.92. The molecule has 0 bridgehead atoms. The fourth-order valence-electron chi connectivity index (χ4n) is 3.25. The first kappa shape index (κ1) is 13.8. The van der Waals surface area contributed by atoms with Crippen LogP contribution < -0.4 is 5.32 Å². The van der Waals surface area contributed by atoms with Gasteiger partial charge in [-0.3, -0.25) is 9.69 Å². The standard InChI is InChI=1S/C14H27N3O/c1-3-17-10-6-7-12(17)11-16(2)14(18)13-8-4-5-9-15-13/h12-13,15H,3-11H2,1-2H3. The Bertz CT molecular complexity index is 276. The van der Waals surface area contributed by atoms with Crippen LogP contribution in [-0.4, -0.2) is 61.0 Å². The molecule has 2 aliphatic heterocycles. The highest BCUT2D eigenvalue weighted by Gasteiger charge is 2.28. The average Bonchev–Trinajstić information content (AvgIpc) is 2.86. The molecule has 0 aliphatic carbocycles. The number of hydrogen-bond donors (Lipinski definition) is 1. The molecular weight excluding hydrogens is 226 g/mol. The fraction of sp³-hybridized carbons (Fsp3) is 0.929. The molecule has 2 fully saturated rings. The second kappa shape index (κ2) is 6.53. The summed E-state index contributed by atoms with van der Waals surface area (Å²) in [6, 6.07) is 0.646. The Labute approximate surface area is 111 Å². The SMILES string of the molecule is CCN1CCCC1CN(C)C(=O)C1CCCCN1. The minimum absolute atomic E-state index is 0.0697. The van der Waals surface area contributed by atoms with E-state index in [4.69, 9.17) is 0 Å². The van der Waals surface area contributed by atoms with Gasteiger partial charge in [-0.05, 0) is 45.3 Å². The van der Waals surface area contributed by atoms with Crippen molar-refractivity contribution in [1.82, 2.24) is 15.1 Å². The summed E-state index contributed by atoms with van der Waals surface area (Å²) in [4.78, 5) is 16.8. The van der Waals surface area contributed by atoms with Crippen LogP contribution in [0.25, 0.3) is 0 Å². The number of rotatable bonds is 4. The molecule has 0 aromatic heterocycles. The van der Waals surface area contributed by atoms with Crippen molar-refractivity contribution >= 4 is 5.91 Å². The number of amides is 1. The van der Waals surface area contributed by atoms with Gasteiger partial charge in [0.1, 0.15) is 0 Å². The third-order valence-corrected chi connectivity index (χ3v) is 4.37. The van der Waals surface area contributed by atoms with Gasteiger partial charge in [-0.2, -0.15) is 0 Å². The summed E-state index contributed by atoms with van der Waals surface area (Å²) in [5.41, 5.74) is 0. The molecule has 0 aromatic carbocycles. The zero-order chi connectivity index (χ0) is 13.0. The predicted octanol–water partition coefficient (Wildman–Crippen LogP) is 1.07. The van der Waals surface area contributed by atoms with Crippen LogP contribution >= 0.6 is 0 Å². The average molecular weight is 253 g/mol. The molecule has 1 amide bonds. The van der Waals surface area contributed by atoms with E-state index in [1.807, 2.05) is 11.9 Å². The zero-order valence-corrected chi connectivity index (χ0v) is 11.8. The first-order valence-corrected chi connectivity index (χ1v) is 7.44. The fourth-order valence-corrected chi connectivity index (χ4v) is 3.25. The Morgan fingerprint density at radius 2 is 2.17 bits per heavy atom. The summed E-state index contributed by atoms with van der Waals surface area (Å²) in [6.45, 7) is 6.40. The van der Waals surface area contributed by atoms with Crippen molar-refractivity contribution in [2.75, 3.05) is 33.2 Å². The molecule has 2 unspecified atom stereocenters. The van der Waals surface area contributed by atoms with Crippen LogP contribution in [0.5, 0.6) is 0 Å². The molecule has 4 nitrogen and oxygen atoms in total. The van der Waals surface area contributed by atoms with E-state index in [2.05, 4.69) is 17.1 Å². The van der Waals surface area contributed by atoms with E-state index in [1.165, 1.54) is 32.2 Å². The van der Waals surface area contributed by atoms with E-state index in [1.54, 1.807) is 0 Å². The largest absolute Gasteiger partial charge is 0.343 e. The monoisotopic (exact) mass is 253 g/mol. The maximum absolute atomic E-state index is 12.3. The molecule has 0 spiro atoms. The van der Waals surface area contributed by atoms with Crippen molar-refractivity contribution < 1.29 is 4.79 Å². The molecule has 2 atom stereocenters. The minimum atomic E-state index is 0.0697. The third kappa shape index (κ3) is 3.23. The topological polar surface area (TPSA) is 35.6 Å². The van der Waals surface area contributed by atoms with E-state index >= 15 is 0 Å². The van der Waals surface area contributed by atoms with Gasteiger partial charge in [0.05, 0.1) is 6.04 Å². The summed E-state index contributed by atoms with van der Waals surface area (Å²) >= 11 is 0. The number of carbonyl (C=O) groups is 1. The predicted molar refractivity (Wildman–Crippen MR) is 73.5 cm³/mol. The molecule has 104 valence electrons. The summed E-state index contributed by atoms with van der Waals surface area (Å²) < 4.78 is 0. The van der Waals surface area contributed by atoms with E-state index < -0.39 is 0 Å². The molecule has 0 aromatic rings. The number of carbonyl (C=O) groups excluding carboxylic acids is 1. The quantitative estimate of drug-likeness (QED) is 0.814. The number of likely N-dealkylation sites (tertiary alicyclic amines) is 1. The molecule has 2 aliphatic rings. The lowest BCUT2D eigenvalue weighted by molar-refractivity contribution is -0.133. The van der Waals surface area contributed by atoms with Crippen LogP contribution in [0.2, 0.25) is 0 Å². The summed E-state index contributed by atoms with van der Waals surface area (Å²) in [7, 11) is 1.96. The smallest absolute Gasteiger partial charge is 0.239 e. The van der Waals surface area contributed by atoms with Gasteiger partial charge in [-0.1, -0.05) is 13.3 Å². The van der Waals surface area contributed by atoms with Crippen LogP contribution in [0.3, 0.4) is 0 Å². The van der Waals surface area contributed by atoms with E-state index in [0.29, 0.717) is 6.04 Å². The van der Waals surface area contributed by atoms with Gasteiger partial charge in [-0.25, -0.2) is 0 Å². The van der Waals surface area contributed by atoms with Crippen molar-refractivity contribution in [2.24, 2.45) is 0 Å². The lowest BCUT2D eigenvalue weighted by Gasteiger charge is -2.31. The third-order valence-electron chi connectivity index (χ3n) is 4.37. The Hall–Kier alpha value is -0.610. The molecular formula is C14H27N3O. The van der Waals surface area contributed by atoms with Gasteiger partial charge < -0.3 is 10.2 Å². The first-order chi connectivity index (χ1) is 8.72. The van der Waals surface area contributed by atoms with Crippen molar-refractivity contribution in [3.8, 4) is 0 Å². The number of piperidine rings is 1.